The Morgan fingerprint density at radius 3 is 2.69 bits per heavy atom. The molecule has 1 aromatic heterocycles. The van der Waals surface area contributed by atoms with Crippen LogP contribution in [0.1, 0.15) is 19.4 Å². The van der Waals surface area contributed by atoms with Crippen LogP contribution in [0.2, 0.25) is 0 Å². The van der Waals surface area contributed by atoms with Crippen molar-refractivity contribution in [2.45, 2.75) is 25.0 Å². The van der Waals surface area contributed by atoms with Crippen LogP contribution in [0.4, 0.5) is 10.6 Å². The molecule has 1 N–H and O–H groups in total. The van der Waals surface area contributed by atoms with E-state index in [1.165, 1.54) is 11.9 Å². The number of rotatable bonds is 6. The van der Waals surface area contributed by atoms with Gasteiger partial charge in [0.1, 0.15) is 5.82 Å². The van der Waals surface area contributed by atoms with Gasteiger partial charge in [-0.15, -0.1) is 0 Å². The van der Waals surface area contributed by atoms with Crippen LogP contribution in [0.3, 0.4) is 0 Å². The third-order valence-electron chi connectivity index (χ3n) is 3.83. The number of carbonyl (C=O) groups excluding carboxylic acids is 2. The molecule has 29 heavy (non-hydrogen) atoms. The maximum atomic E-state index is 13.0. The van der Waals surface area contributed by atoms with Crippen LogP contribution >= 0.6 is 11.9 Å². The number of carbonyl (C=O) groups is 2. The quantitative estimate of drug-likeness (QED) is 0.432. The van der Waals surface area contributed by atoms with Gasteiger partial charge >= 0.3 is 6.16 Å². The van der Waals surface area contributed by atoms with E-state index in [0.29, 0.717) is 11.6 Å². The van der Waals surface area contributed by atoms with E-state index in [0.717, 1.165) is 10.5 Å². The summed E-state index contributed by atoms with van der Waals surface area (Å²) >= 11 is 1.39. The Balaban J connectivity index is 1.94. The van der Waals surface area contributed by atoms with Crippen LogP contribution in [-0.2, 0) is 19.0 Å². The number of aromatic nitrogens is 1. The van der Waals surface area contributed by atoms with Crippen molar-refractivity contribution in [3.05, 3.63) is 59.9 Å². The Morgan fingerprint density at radius 1 is 1.21 bits per heavy atom. The fourth-order valence-electron chi connectivity index (χ4n) is 2.65. The van der Waals surface area contributed by atoms with E-state index < -0.39 is 18.4 Å². The van der Waals surface area contributed by atoms with Crippen LogP contribution in [0, 0.1) is 0 Å². The molecule has 1 aliphatic heterocycles. The molecule has 8 nitrogen and oxygen atoms in total. The number of amides is 1. The summed E-state index contributed by atoms with van der Waals surface area (Å²) in [7, 11) is 1.76. The first-order valence-corrected chi connectivity index (χ1v) is 9.74. The topological polar surface area (TPSA) is 90.0 Å². The number of likely N-dealkylation sites (N-methyl/N-ethyl adjacent to an activating group) is 1. The van der Waals surface area contributed by atoms with Crippen molar-refractivity contribution < 1.29 is 23.8 Å². The zero-order valence-corrected chi connectivity index (χ0v) is 17.1. The number of benzene rings is 1. The van der Waals surface area contributed by atoms with Crippen molar-refractivity contribution >= 4 is 35.6 Å². The van der Waals surface area contributed by atoms with Crippen molar-refractivity contribution in [2.75, 3.05) is 19.0 Å². The van der Waals surface area contributed by atoms with Gasteiger partial charge in [0.15, 0.2) is 11.5 Å². The highest BCUT2D eigenvalue weighted by Crippen LogP contribution is 2.41. The molecule has 0 fully saturated rings. The highest BCUT2D eigenvalue weighted by atomic mass is 32.2. The maximum Gasteiger partial charge on any atom is 0.511 e. The van der Waals surface area contributed by atoms with Crippen molar-refractivity contribution in [3.8, 4) is 0 Å². The summed E-state index contributed by atoms with van der Waals surface area (Å²) in [6, 6.07) is 12.7. The average molecular weight is 415 g/mol. The number of fused-ring (bicyclic) bond motifs is 1. The summed E-state index contributed by atoms with van der Waals surface area (Å²) < 4.78 is 17.5. The third kappa shape index (κ3) is 5.00. The van der Waals surface area contributed by atoms with Crippen molar-refractivity contribution in [1.82, 2.24) is 9.29 Å². The van der Waals surface area contributed by atoms with Gasteiger partial charge in [-0.3, -0.25) is 4.79 Å². The zero-order valence-electron chi connectivity index (χ0n) is 16.2. The van der Waals surface area contributed by atoms with Gasteiger partial charge in [-0.05, 0) is 43.1 Å². The van der Waals surface area contributed by atoms with Gasteiger partial charge in [-0.1, -0.05) is 18.2 Å². The standard InChI is InChI=1S/C20H21N3O5S/c1-4-26-20(25)28-13(2)27-18-14-9-5-6-10-15(14)29-23(3)17(18)19(24)22-16-11-7-8-12-21-16/h5-13H,4H2,1-3H3,(H,21,22,24). The number of pyridine rings is 1. The molecule has 2 heterocycles. The fourth-order valence-corrected chi connectivity index (χ4v) is 3.60. The van der Waals surface area contributed by atoms with Crippen LogP contribution in [0.5, 0.6) is 0 Å². The van der Waals surface area contributed by atoms with E-state index in [-0.39, 0.29) is 12.3 Å². The van der Waals surface area contributed by atoms with E-state index in [2.05, 4.69) is 10.3 Å². The first-order valence-electron chi connectivity index (χ1n) is 8.97. The third-order valence-corrected chi connectivity index (χ3v) is 4.84. The molecule has 0 saturated carbocycles. The van der Waals surface area contributed by atoms with Gasteiger partial charge in [-0.2, -0.15) is 0 Å². The van der Waals surface area contributed by atoms with E-state index >= 15 is 0 Å². The molecule has 1 amide bonds. The highest BCUT2D eigenvalue weighted by Gasteiger charge is 2.31. The van der Waals surface area contributed by atoms with Crippen LogP contribution < -0.4 is 5.32 Å². The van der Waals surface area contributed by atoms with E-state index in [4.69, 9.17) is 14.2 Å². The van der Waals surface area contributed by atoms with Gasteiger partial charge in [0.05, 0.1) is 6.61 Å². The summed E-state index contributed by atoms with van der Waals surface area (Å²) in [5, 5.41) is 2.76. The molecule has 2 aromatic rings. The van der Waals surface area contributed by atoms with Crippen LogP contribution in [-0.4, -0.2) is 41.3 Å². The SMILES string of the molecule is CCOC(=O)OC(C)OC1=C(C(=O)Nc2ccccn2)N(C)Sc2ccccc21. The minimum absolute atomic E-state index is 0.189. The number of ether oxygens (including phenoxy) is 3. The summed E-state index contributed by atoms with van der Waals surface area (Å²) in [5.74, 6) is 0.316. The molecule has 1 unspecified atom stereocenters. The maximum absolute atomic E-state index is 13.0. The molecule has 152 valence electrons. The predicted octanol–water partition coefficient (Wildman–Crippen LogP) is 3.88. The Labute approximate surface area is 173 Å². The Kier molecular flexibility index (Phi) is 6.61. The largest absolute Gasteiger partial charge is 0.511 e. The van der Waals surface area contributed by atoms with Gasteiger partial charge in [0, 0.05) is 30.6 Å². The smallest absolute Gasteiger partial charge is 0.452 e. The zero-order chi connectivity index (χ0) is 20.8. The van der Waals surface area contributed by atoms with Crippen LogP contribution in [0.25, 0.3) is 5.76 Å². The van der Waals surface area contributed by atoms with E-state index in [1.54, 1.807) is 49.6 Å². The lowest BCUT2D eigenvalue weighted by molar-refractivity contribution is -0.114. The Hall–Kier alpha value is -3.20. The average Bonchev–Trinajstić information content (AvgIpc) is 2.68. The lowest BCUT2D eigenvalue weighted by Gasteiger charge is -2.30. The minimum Gasteiger partial charge on any atom is -0.452 e. The van der Waals surface area contributed by atoms with Crippen molar-refractivity contribution in [2.24, 2.45) is 0 Å². The number of hydrogen-bond acceptors (Lipinski definition) is 8. The molecule has 0 spiro atoms. The fraction of sp³-hybridized carbons (Fsp3) is 0.250. The molecular weight excluding hydrogens is 394 g/mol. The molecule has 0 bridgehead atoms. The number of nitrogens with zero attached hydrogens (tertiary/aromatic N) is 2. The molecule has 9 heteroatoms. The second-order valence-electron chi connectivity index (χ2n) is 5.92. The first-order chi connectivity index (χ1) is 14.0. The molecule has 0 saturated heterocycles. The van der Waals surface area contributed by atoms with Gasteiger partial charge in [0.2, 0.25) is 6.29 Å². The molecular formula is C20H21N3O5S. The lowest BCUT2D eigenvalue weighted by Crippen LogP contribution is -2.30. The van der Waals surface area contributed by atoms with Crippen molar-refractivity contribution in [3.63, 3.8) is 0 Å². The van der Waals surface area contributed by atoms with E-state index in [9.17, 15) is 9.59 Å². The number of nitrogens with one attached hydrogen (secondary N) is 1. The molecule has 3 rings (SSSR count). The summed E-state index contributed by atoms with van der Waals surface area (Å²) in [6.07, 6.45) is -0.219. The molecule has 1 aromatic carbocycles. The minimum atomic E-state index is -0.966. The molecule has 1 aliphatic rings. The normalized spacial score (nSPS) is 14.0. The monoisotopic (exact) mass is 415 g/mol. The second kappa shape index (κ2) is 9.33. The summed E-state index contributed by atoms with van der Waals surface area (Å²) in [4.78, 5) is 29.7. The number of anilines is 1. The number of hydrogen-bond donors (Lipinski definition) is 1. The summed E-state index contributed by atoms with van der Waals surface area (Å²) in [5.41, 5.74) is 1.000. The molecule has 0 aliphatic carbocycles. The van der Waals surface area contributed by atoms with E-state index in [1.807, 2.05) is 24.3 Å². The Morgan fingerprint density at radius 2 is 1.97 bits per heavy atom. The first kappa shape index (κ1) is 20.5. The molecule has 1 atom stereocenters. The van der Waals surface area contributed by atoms with Crippen LogP contribution in [0.15, 0.2) is 59.3 Å². The summed E-state index contributed by atoms with van der Waals surface area (Å²) in [6.45, 7) is 3.43. The van der Waals surface area contributed by atoms with Crippen molar-refractivity contribution in [1.29, 1.82) is 0 Å². The Bertz CT molecular complexity index is 919. The van der Waals surface area contributed by atoms with Gasteiger partial charge < -0.3 is 23.8 Å². The lowest BCUT2D eigenvalue weighted by atomic mass is 10.1. The van der Waals surface area contributed by atoms with Gasteiger partial charge in [-0.25, -0.2) is 9.78 Å². The highest BCUT2D eigenvalue weighted by molar-refractivity contribution is 7.97. The second-order valence-corrected chi connectivity index (χ2v) is 7.09. The molecule has 0 radical (unpaired) electrons. The predicted molar refractivity (Wildman–Crippen MR) is 109 cm³/mol. The van der Waals surface area contributed by atoms with Gasteiger partial charge in [0.25, 0.3) is 5.91 Å².